The molecule has 0 radical (unpaired) electrons. The first-order valence-electron chi connectivity index (χ1n) is 6.02. The molecule has 0 atom stereocenters. The molecule has 0 aromatic heterocycles. The predicted octanol–water partition coefficient (Wildman–Crippen LogP) is 3.44. The minimum Gasteiger partial charge on any atom is -0.496 e. The third-order valence-electron chi connectivity index (χ3n) is 2.87. The number of hydrogen-bond acceptors (Lipinski definition) is 3. The zero-order chi connectivity index (χ0) is 14.7. The van der Waals surface area contributed by atoms with Crippen molar-refractivity contribution in [2.75, 3.05) is 12.8 Å². The molecule has 106 valence electrons. The zero-order valence-corrected chi connectivity index (χ0v) is 11.2. The lowest BCUT2D eigenvalue weighted by atomic mass is 10.1. The number of benzene rings is 2. The Kier molecular flexibility index (Phi) is 4.08. The van der Waals surface area contributed by atoms with Gasteiger partial charge in [-0.15, -0.1) is 0 Å². The Morgan fingerprint density at radius 2 is 1.80 bits per heavy atom. The van der Waals surface area contributed by atoms with Crippen LogP contribution in [0.2, 0.25) is 0 Å². The molecule has 20 heavy (non-hydrogen) atoms. The van der Waals surface area contributed by atoms with Gasteiger partial charge in [-0.2, -0.15) is 0 Å². The number of nitrogens with two attached hydrogens (primary N) is 1. The van der Waals surface area contributed by atoms with E-state index in [2.05, 4.69) is 0 Å². The van der Waals surface area contributed by atoms with Crippen LogP contribution in [0.5, 0.6) is 11.5 Å². The van der Waals surface area contributed by atoms with E-state index < -0.39 is 11.6 Å². The topological polar surface area (TPSA) is 44.5 Å². The third kappa shape index (κ3) is 2.99. The molecule has 0 unspecified atom stereocenters. The van der Waals surface area contributed by atoms with E-state index in [1.807, 2.05) is 19.1 Å². The third-order valence-corrected chi connectivity index (χ3v) is 2.87. The van der Waals surface area contributed by atoms with Crippen molar-refractivity contribution in [3.63, 3.8) is 0 Å². The zero-order valence-electron chi connectivity index (χ0n) is 11.2. The maximum absolute atomic E-state index is 13.6. The van der Waals surface area contributed by atoms with Crippen molar-refractivity contribution < 1.29 is 18.3 Å². The largest absolute Gasteiger partial charge is 0.496 e. The van der Waals surface area contributed by atoms with Gasteiger partial charge in [-0.1, -0.05) is 11.6 Å². The highest BCUT2D eigenvalue weighted by molar-refractivity contribution is 5.45. The summed E-state index contributed by atoms with van der Waals surface area (Å²) in [5.74, 6) is -0.958. The van der Waals surface area contributed by atoms with Crippen molar-refractivity contribution in [3.8, 4) is 11.5 Å². The second-order valence-corrected chi connectivity index (χ2v) is 4.41. The van der Waals surface area contributed by atoms with Gasteiger partial charge < -0.3 is 15.2 Å². The van der Waals surface area contributed by atoms with Crippen LogP contribution in [-0.4, -0.2) is 7.11 Å². The van der Waals surface area contributed by atoms with E-state index in [-0.39, 0.29) is 18.0 Å². The fourth-order valence-electron chi connectivity index (χ4n) is 1.83. The summed E-state index contributed by atoms with van der Waals surface area (Å²) in [4.78, 5) is 0. The fourth-order valence-corrected chi connectivity index (χ4v) is 1.83. The summed E-state index contributed by atoms with van der Waals surface area (Å²) in [6.07, 6.45) is 0. The number of halogens is 2. The van der Waals surface area contributed by atoms with Crippen LogP contribution < -0.4 is 15.2 Å². The van der Waals surface area contributed by atoms with Crippen LogP contribution in [0.4, 0.5) is 14.5 Å². The summed E-state index contributed by atoms with van der Waals surface area (Å²) in [6, 6.07) is 7.40. The molecule has 2 rings (SSSR count). The molecular weight excluding hydrogens is 264 g/mol. The summed E-state index contributed by atoms with van der Waals surface area (Å²) >= 11 is 0. The highest BCUT2D eigenvalue weighted by Gasteiger charge is 2.11. The van der Waals surface area contributed by atoms with Crippen LogP contribution in [0.1, 0.15) is 11.1 Å². The Bertz CT molecular complexity index is 630. The maximum Gasteiger partial charge on any atom is 0.167 e. The summed E-state index contributed by atoms with van der Waals surface area (Å²) < 4.78 is 37.4. The van der Waals surface area contributed by atoms with Gasteiger partial charge in [-0.05, 0) is 19.1 Å². The second-order valence-electron chi connectivity index (χ2n) is 4.41. The van der Waals surface area contributed by atoms with Crippen molar-refractivity contribution >= 4 is 5.69 Å². The van der Waals surface area contributed by atoms with Crippen molar-refractivity contribution in [1.29, 1.82) is 0 Å². The molecule has 0 bridgehead atoms. The molecule has 2 N–H and O–H groups in total. The minimum absolute atomic E-state index is 0.0745. The molecule has 0 aliphatic carbocycles. The van der Waals surface area contributed by atoms with Gasteiger partial charge in [0.1, 0.15) is 18.2 Å². The van der Waals surface area contributed by atoms with Crippen molar-refractivity contribution in [1.82, 2.24) is 0 Å². The maximum atomic E-state index is 13.6. The number of aryl methyl sites for hydroxylation is 1. The molecule has 0 saturated carbocycles. The van der Waals surface area contributed by atoms with Crippen molar-refractivity contribution in [2.24, 2.45) is 0 Å². The average molecular weight is 279 g/mol. The van der Waals surface area contributed by atoms with E-state index in [9.17, 15) is 8.78 Å². The van der Waals surface area contributed by atoms with E-state index >= 15 is 0 Å². The number of rotatable bonds is 4. The Hall–Kier alpha value is -2.30. The number of hydrogen-bond donors (Lipinski definition) is 1. The molecule has 0 aliphatic rings. The Morgan fingerprint density at radius 3 is 2.50 bits per heavy atom. The quantitative estimate of drug-likeness (QED) is 0.872. The Labute approximate surface area is 115 Å². The molecule has 3 nitrogen and oxygen atoms in total. The van der Waals surface area contributed by atoms with Gasteiger partial charge >= 0.3 is 0 Å². The van der Waals surface area contributed by atoms with E-state index in [4.69, 9.17) is 15.2 Å². The predicted molar refractivity (Wildman–Crippen MR) is 72.8 cm³/mol. The molecular formula is C15H15F2NO2. The molecule has 0 amide bonds. The van der Waals surface area contributed by atoms with Gasteiger partial charge in [-0.25, -0.2) is 8.78 Å². The van der Waals surface area contributed by atoms with E-state index in [1.54, 1.807) is 6.07 Å². The van der Waals surface area contributed by atoms with E-state index in [0.717, 1.165) is 23.3 Å². The van der Waals surface area contributed by atoms with Gasteiger partial charge in [0.25, 0.3) is 0 Å². The van der Waals surface area contributed by atoms with Gasteiger partial charge in [0, 0.05) is 17.7 Å². The lowest BCUT2D eigenvalue weighted by Gasteiger charge is -2.12. The van der Waals surface area contributed by atoms with Crippen LogP contribution in [-0.2, 0) is 6.61 Å². The number of anilines is 1. The standard InChI is InChI=1S/C15H15F2NO2/c1-9-3-4-14(19-2)10(5-9)8-20-15-7-11(16)13(18)6-12(15)17/h3-7H,8,18H2,1-2H3. The number of methoxy groups -OCH3 is 1. The molecule has 0 saturated heterocycles. The van der Waals surface area contributed by atoms with Crippen molar-refractivity contribution in [3.05, 3.63) is 53.1 Å². The first-order valence-corrected chi connectivity index (χ1v) is 6.02. The molecule has 0 spiro atoms. The van der Waals surface area contributed by atoms with Crippen LogP contribution in [0, 0.1) is 18.6 Å². The van der Waals surface area contributed by atoms with Crippen LogP contribution in [0.25, 0.3) is 0 Å². The van der Waals surface area contributed by atoms with Gasteiger partial charge in [-0.3, -0.25) is 0 Å². The summed E-state index contributed by atoms with van der Waals surface area (Å²) in [6.45, 7) is 2.00. The average Bonchev–Trinajstić information content (AvgIpc) is 2.41. The summed E-state index contributed by atoms with van der Waals surface area (Å²) in [7, 11) is 1.54. The Balaban J connectivity index is 2.21. The van der Waals surface area contributed by atoms with E-state index in [0.29, 0.717) is 5.75 Å². The molecule has 2 aromatic rings. The molecule has 0 fully saturated rings. The highest BCUT2D eigenvalue weighted by Crippen LogP contribution is 2.26. The molecule has 0 heterocycles. The lowest BCUT2D eigenvalue weighted by Crippen LogP contribution is -2.02. The second kappa shape index (κ2) is 5.77. The SMILES string of the molecule is COc1ccc(C)cc1COc1cc(F)c(N)cc1F. The molecule has 0 aliphatic heterocycles. The minimum atomic E-state index is -0.711. The van der Waals surface area contributed by atoms with Crippen LogP contribution in [0.3, 0.4) is 0 Å². The normalized spacial score (nSPS) is 10.4. The van der Waals surface area contributed by atoms with Gasteiger partial charge in [0.2, 0.25) is 0 Å². The first kappa shape index (κ1) is 14.1. The first-order chi connectivity index (χ1) is 9.51. The summed E-state index contributed by atoms with van der Waals surface area (Å²) in [5.41, 5.74) is 6.80. The van der Waals surface area contributed by atoms with Gasteiger partial charge in [0.05, 0.1) is 12.8 Å². The highest BCUT2D eigenvalue weighted by atomic mass is 19.1. The van der Waals surface area contributed by atoms with Crippen LogP contribution >= 0.6 is 0 Å². The molecule has 5 heteroatoms. The van der Waals surface area contributed by atoms with E-state index in [1.165, 1.54) is 7.11 Å². The lowest BCUT2D eigenvalue weighted by molar-refractivity contribution is 0.281. The number of ether oxygens (including phenoxy) is 2. The van der Waals surface area contributed by atoms with Crippen molar-refractivity contribution in [2.45, 2.75) is 13.5 Å². The fraction of sp³-hybridized carbons (Fsp3) is 0.200. The summed E-state index contributed by atoms with van der Waals surface area (Å²) in [5, 5.41) is 0. The van der Waals surface area contributed by atoms with Crippen LogP contribution in [0.15, 0.2) is 30.3 Å². The monoisotopic (exact) mass is 279 g/mol. The van der Waals surface area contributed by atoms with Gasteiger partial charge in [0.15, 0.2) is 11.6 Å². The smallest absolute Gasteiger partial charge is 0.167 e. The Morgan fingerprint density at radius 1 is 1.05 bits per heavy atom. The molecule has 2 aromatic carbocycles. The number of nitrogen functional groups attached to an aromatic ring is 1.